The van der Waals surface area contributed by atoms with Crippen molar-refractivity contribution in [2.75, 3.05) is 20.1 Å². The topological polar surface area (TPSA) is 116 Å². The monoisotopic (exact) mass is 363 g/mol. The van der Waals surface area contributed by atoms with E-state index in [-0.39, 0.29) is 12.5 Å². The molecule has 8 heteroatoms. The first-order valence-electron chi connectivity index (χ1n) is 9.07. The predicted molar refractivity (Wildman–Crippen MR) is 102 cm³/mol. The molecule has 0 saturated carbocycles. The van der Waals surface area contributed by atoms with Gasteiger partial charge in [-0.1, -0.05) is 36.8 Å². The van der Waals surface area contributed by atoms with Crippen molar-refractivity contribution in [3.05, 3.63) is 35.9 Å². The Labute approximate surface area is 155 Å². The molecule has 0 bridgehead atoms. The second-order valence-electron chi connectivity index (χ2n) is 6.46. The fourth-order valence-electron chi connectivity index (χ4n) is 2.64. The fourth-order valence-corrected chi connectivity index (χ4v) is 2.64. The summed E-state index contributed by atoms with van der Waals surface area (Å²) in [6.07, 6.45) is 3.75. The number of nitrogens with two attached hydrogens (primary N) is 1. The summed E-state index contributed by atoms with van der Waals surface area (Å²) in [4.78, 5) is 25.5. The van der Waals surface area contributed by atoms with Crippen LogP contribution in [0.4, 0.5) is 0 Å². The van der Waals surface area contributed by atoms with Crippen molar-refractivity contribution in [3.63, 3.8) is 0 Å². The van der Waals surface area contributed by atoms with Crippen LogP contribution in [0.15, 0.2) is 30.3 Å². The van der Waals surface area contributed by atoms with Gasteiger partial charge in [-0.2, -0.15) is 0 Å². The van der Waals surface area contributed by atoms with Gasteiger partial charge in [0, 0.05) is 13.5 Å². The second-order valence-corrected chi connectivity index (χ2v) is 6.46. The number of nitrogens with zero attached hydrogens (tertiary/aromatic N) is 1. The van der Waals surface area contributed by atoms with Crippen LogP contribution >= 0.6 is 0 Å². The Hall–Kier alpha value is -1.90. The SMILES string of the molecule is CN(CC(=O)N[C@@H](CCCCN)B(O)O)C(=O)CCCc1ccccc1. The molecule has 0 fully saturated rings. The number of hydrogen-bond donors (Lipinski definition) is 4. The Bertz CT molecular complexity index is 542. The molecule has 144 valence electrons. The van der Waals surface area contributed by atoms with Crippen LogP contribution < -0.4 is 11.1 Å². The number of benzene rings is 1. The molecule has 5 N–H and O–H groups in total. The van der Waals surface area contributed by atoms with Crippen molar-refractivity contribution in [3.8, 4) is 0 Å². The van der Waals surface area contributed by atoms with Gasteiger partial charge in [-0.15, -0.1) is 0 Å². The van der Waals surface area contributed by atoms with E-state index in [2.05, 4.69) is 5.32 Å². The molecule has 0 aliphatic heterocycles. The molecule has 2 amide bonds. The highest BCUT2D eigenvalue weighted by Crippen LogP contribution is 2.06. The highest BCUT2D eigenvalue weighted by Gasteiger charge is 2.25. The minimum absolute atomic E-state index is 0.107. The number of rotatable bonds is 12. The molecule has 0 unspecified atom stereocenters. The van der Waals surface area contributed by atoms with Gasteiger partial charge >= 0.3 is 7.12 Å². The Balaban J connectivity index is 2.33. The van der Waals surface area contributed by atoms with E-state index in [1.165, 1.54) is 10.5 Å². The fraction of sp³-hybridized carbons (Fsp3) is 0.556. The van der Waals surface area contributed by atoms with Crippen molar-refractivity contribution in [2.24, 2.45) is 5.73 Å². The van der Waals surface area contributed by atoms with Gasteiger partial charge in [0.15, 0.2) is 0 Å². The second kappa shape index (κ2) is 12.5. The zero-order chi connectivity index (χ0) is 19.4. The van der Waals surface area contributed by atoms with Crippen molar-refractivity contribution in [1.29, 1.82) is 0 Å². The Kier molecular flexibility index (Phi) is 10.6. The molecule has 0 heterocycles. The molecule has 26 heavy (non-hydrogen) atoms. The maximum absolute atomic E-state index is 12.1. The number of unbranched alkanes of at least 4 members (excludes halogenated alkanes) is 1. The number of nitrogens with one attached hydrogen (secondary N) is 1. The predicted octanol–water partition coefficient (Wildman–Crippen LogP) is 0.0935. The minimum atomic E-state index is -1.64. The zero-order valence-electron chi connectivity index (χ0n) is 15.4. The van der Waals surface area contributed by atoms with E-state index in [4.69, 9.17) is 5.73 Å². The maximum Gasteiger partial charge on any atom is 0.475 e. The maximum atomic E-state index is 12.1. The van der Waals surface area contributed by atoms with Crippen LogP contribution in [0.3, 0.4) is 0 Å². The van der Waals surface area contributed by atoms with Gasteiger partial charge < -0.3 is 26.0 Å². The summed E-state index contributed by atoms with van der Waals surface area (Å²) < 4.78 is 0. The van der Waals surface area contributed by atoms with E-state index in [9.17, 15) is 19.6 Å². The molecule has 0 spiro atoms. The average Bonchev–Trinajstić information content (AvgIpc) is 2.61. The summed E-state index contributed by atoms with van der Waals surface area (Å²) in [5.41, 5.74) is 6.59. The van der Waals surface area contributed by atoms with Crippen LogP contribution in [0.2, 0.25) is 0 Å². The van der Waals surface area contributed by atoms with Crippen molar-refractivity contribution < 1.29 is 19.6 Å². The lowest BCUT2D eigenvalue weighted by Gasteiger charge is -2.21. The van der Waals surface area contributed by atoms with E-state index >= 15 is 0 Å². The lowest BCUT2D eigenvalue weighted by Crippen LogP contribution is -2.49. The zero-order valence-corrected chi connectivity index (χ0v) is 15.4. The number of carbonyl (C=O) groups excluding carboxylic acids is 2. The summed E-state index contributed by atoms with van der Waals surface area (Å²) in [5.74, 6) is -1.27. The van der Waals surface area contributed by atoms with Crippen molar-refractivity contribution in [2.45, 2.75) is 44.5 Å². The number of hydrogen-bond acceptors (Lipinski definition) is 5. The molecule has 0 radical (unpaired) electrons. The molecule has 0 saturated heterocycles. The van der Waals surface area contributed by atoms with E-state index < -0.39 is 19.0 Å². The third kappa shape index (κ3) is 8.98. The van der Waals surface area contributed by atoms with Crippen LogP contribution in [0.25, 0.3) is 0 Å². The number of aryl methyl sites for hydroxylation is 1. The van der Waals surface area contributed by atoms with E-state index in [0.29, 0.717) is 32.2 Å². The third-order valence-corrected chi connectivity index (χ3v) is 4.18. The lowest BCUT2D eigenvalue weighted by atomic mass is 9.76. The summed E-state index contributed by atoms with van der Waals surface area (Å²) in [6.45, 7) is 0.409. The van der Waals surface area contributed by atoms with Crippen molar-refractivity contribution >= 4 is 18.9 Å². The Morgan fingerprint density at radius 3 is 2.50 bits per heavy atom. The summed E-state index contributed by atoms with van der Waals surface area (Å²) >= 11 is 0. The number of likely N-dealkylation sites (N-methyl/N-ethyl adjacent to an activating group) is 1. The largest absolute Gasteiger partial charge is 0.475 e. The average molecular weight is 363 g/mol. The molecular weight excluding hydrogens is 333 g/mol. The van der Waals surface area contributed by atoms with Crippen LogP contribution in [-0.2, 0) is 16.0 Å². The highest BCUT2D eigenvalue weighted by atomic mass is 16.4. The quantitative estimate of drug-likeness (QED) is 0.310. The lowest BCUT2D eigenvalue weighted by molar-refractivity contribution is -0.134. The first kappa shape index (κ1) is 22.1. The first-order chi connectivity index (χ1) is 12.4. The van der Waals surface area contributed by atoms with Crippen LogP contribution in [-0.4, -0.2) is 60.0 Å². The highest BCUT2D eigenvalue weighted by molar-refractivity contribution is 6.43. The van der Waals surface area contributed by atoms with Gasteiger partial charge in [-0.05, 0) is 37.8 Å². The van der Waals surface area contributed by atoms with E-state index in [1.807, 2.05) is 30.3 Å². The van der Waals surface area contributed by atoms with Crippen LogP contribution in [0.1, 0.15) is 37.7 Å². The molecule has 0 aliphatic rings. The summed E-state index contributed by atoms with van der Waals surface area (Å²) in [7, 11) is -0.0629. The van der Waals surface area contributed by atoms with Gasteiger partial charge in [-0.3, -0.25) is 9.59 Å². The molecule has 1 aromatic rings. The third-order valence-electron chi connectivity index (χ3n) is 4.18. The smallest absolute Gasteiger partial charge is 0.426 e. The van der Waals surface area contributed by atoms with Gasteiger partial charge in [-0.25, -0.2) is 0 Å². The molecule has 1 aromatic carbocycles. The van der Waals surface area contributed by atoms with Gasteiger partial charge in [0.05, 0.1) is 12.5 Å². The molecular formula is C18H30BN3O4. The van der Waals surface area contributed by atoms with E-state index in [1.54, 1.807) is 7.05 Å². The van der Waals surface area contributed by atoms with Crippen LogP contribution in [0.5, 0.6) is 0 Å². The first-order valence-corrected chi connectivity index (χ1v) is 9.07. The Morgan fingerprint density at radius 2 is 1.88 bits per heavy atom. The molecule has 1 atom stereocenters. The summed E-state index contributed by atoms with van der Waals surface area (Å²) in [6, 6.07) is 9.92. The molecule has 7 nitrogen and oxygen atoms in total. The number of carbonyl (C=O) groups is 2. The molecule has 0 aromatic heterocycles. The molecule has 1 rings (SSSR count). The standard InChI is InChI=1S/C18H30BN3O4/c1-22(18(24)12-7-10-15-8-3-2-4-9-15)14-17(23)21-16(19(25)26)11-5-6-13-20/h2-4,8-9,16,25-26H,5-7,10-14,20H2,1H3,(H,21,23)/t16-/m0/s1. The minimum Gasteiger partial charge on any atom is -0.426 e. The number of amides is 2. The van der Waals surface area contributed by atoms with Crippen molar-refractivity contribution in [1.82, 2.24) is 10.2 Å². The van der Waals surface area contributed by atoms with Gasteiger partial charge in [0.1, 0.15) is 0 Å². The molecule has 0 aliphatic carbocycles. The van der Waals surface area contributed by atoms with Gasteiger partial charge in [0.2, 0.25) is 11.8 Å². The Morgan fingerprint density at radius 1 is 1.19 bits per heavy atom. The normalized spacial score (nSPS) is 11.7. The van der Waals surface area contributed by atoms with E-state index in [0.717, 1.165) is 12.8 Å². The van der Waals surface area contributed by atoms with Gasteiger partial charge in [0.25, 0.3) is 0 Å². The van der Waals surface area contributed by atoms with Crippen LogP contribution in [0, 0.1) is 0 Å². The summed E-state index contributed by atoms with van der Waals surface area (Å²) in [5, 5.41) is 21.3.